The van der Waals surface area contributed by atoms with E-state index in [1.165, 1.54) is 6.07 Å². The monoisotopic (exact) mass is 459 g/mol. The number of hydrogen-bond acceptors (Lipinski definition) is 6. The Hall–Kier alpha value is -2.17. The van der Waals surface area contributed by atoms with Gasteiger partial charge in [0.05, 0.1) is 23.2 Å². The lowest BCUT2D eigenvalue weighted by atomic mass is 10.2. The lowest BCUT2D eigenvalue weighted by Gasteiger charge is -2.36. The molecule has 1 aliphatic heterocycles. The van der Waals surface area contributed by atoms with Crippen molar-refractivity contribution in [3.05, 3.63) is 40.5 Å². The van der Waals surface area contributed by atoms with Gasteiger partial charge in [-0.05, 0) is 25.1 Å². The molecule has 0 bridgehead atoms. The van der Waals surface area contributed by atoms with Gasteiger partial charge in [0, 0.05) is 37.8 Å². The number of rotatable bonds is 6. The highest BCUT2D eigenvalue weighted by molar-refractivity contribution is 6.31. The summed E-state index contributed by atoms with van der Waals surface area (Å²) < 4.78 is 44.3. The average Bonchev–Trinajstić information content (AvgIpc) is 3.19. The first-order valence-electron chi connectivity index (χ1n) is 10.0. The third-order valence-electron chi connectivity index (χ3n) is 5.21. The van der Waals surface area contributed by atoms with Gasteiger partial charge in [0.15, 0.2) is 5.82 Å². The van der Waals surface area contributed by atoms with Crippen LogP contribution in [0.15, 0.2) is 22.7 Å². The maximum absolute atomic E-state index is 13.0. The number of hydrogen-bond donors (Lipinski definition) is 1. The molecule has 11 heteroatoms. The molecule has 1 amide bonds. The fraction of sp³-hybridized carbons (Fsp3) is 0.550. The lowest BCUT2D eigenvalue weighted by Crippen LogP contribution is -2.49. The highest BCUT2D eigenvalue weighted by atomic mass is 35.5. The van der Waals surface area contributed by atoms with Crippen molar-refractivity contribution in [2.75, 3.05) is 38.0 Å². The number of nitrogens with one attached hydrogen (secondary N) is 1. The molecule has 1 fully saturated rings. The number of amides is 1. The Kier molecular flexibility index (Phi) is 7.23. The smallest absolute Gasteiger partial charge is 0.338 e. The predicted octanol–water partition coefficient (Wildman–Crippen LogP) is 4.18. The van der Waals surface area contributed by atoms with Crippen LogP contribution in [0.1, 0.15) is 50.0 Å². The molecule has 2 heterocycles. The van der Waals surface area contributed by atoms with E-state index >= 15 is 0 Å². The Bertz CT molecular complexity index is 910. The maximum atomic E-state index is 13.0. The molecule has 1 aromatic carbocycles. The summed E-state index contributed by atoms with van der Waals surface area (Å²) in [4.78, 5) is 20.9. The Morgan fingerprint density at radius 1 is 1.23 bits per heavy atom. The van der Waals surface area contributed by atoms with E-state index < -0.39 is 16.8 Å². The van der Waals surface area contributed by atoms with Crippen LogP contribution in [-0.2, 0) is 11.0 Å². The van der Waals surface area contributed by atoms with Crippen LogP contribution in [0.25, 0.3) is 0 Å². The molecule has 1 unspecified atom stereocenters. The molecule has 1 aromatic heterocycles. The number of carbonyl (C=O) groups excluding carboxylic acids is 1. The largest absolute Gasteiger partial charge is 0.417 e. The summed E-state index contributed by atoms with van der Waals surface area (Å²) in [6, 6.07) is 3.29. The first kappa shape index (κ1) is 23.5. The van der Waals surface area contributed by atoms with Crippen molar-refractivity contribution in [3.8, 4) is 0 Å². The van der Waals surface area contributed by atoms with E-state index in [0.717, 1.165) is 12.1 Å². The molecule has 7 nitrogen and oxygen atoms in total. The van der Waals surface area contributed by atoms with Gasteiger partial charge in [-0.1, -0.05) is 30.6 Å². The summed E-state index contributed by atoms with van der Waals surface area (Å²) >= 11 is 5.61. The summed E-state index contributed by atoms with van der Waals surface area (Å²) in [6.45, 7) is 8.76. The number of benzene rings is 1. The molecule has 2 aromatic rings. The van der Waals surface area contributed by atoms with Crippen molar-refractivity contribution < 1.29 is 22.5 Å². The summed E-state index contributed by atoms with van der Waals surface area (Å²) in [5.41, 5.74) is -0.914. The molecular formula is C20H25ClF3N5O2. The molecule has 1 aliphatic rings. The van der Waals surface area contributed by atoms with E-state index in [0.29, 0.717) is 37.9 Å². The minimum absolute atomic E-state index is 0.0363. The SMILES string of the molecule is CC(C)c1noc(C(C)N2CCN(CC(=O)Nc3ccc(Cl)c(C(F)(F)F)c3)CC2)n1. The van der Waals surface area contributed by atoms with Crippen molar-refractivity contribution in [1.82, 2.24) is 19.9 Å². The molecule has 31 heavy (non-hydrogen) atoms. The standard InChI is InChI=1S/C20H25ClF3N5O2/c1-12(2)18-26-19(31-27-18)13(3)29-8-6-28(7-9-29)11-17(30)25-14-4-5-16(21)15(10-14)20(22,23)24/h4-5,10,12-13H,6-9,11H2,1-3H3,(H,25,30). The fourth-order valence-electron chi connectivity index (χ4n) is 3.34. The Morgan fingerprint density at radius 2 is 1.90 bits per heavy atom. The van der Waals surface area contributed by atoms with Crippen molar-refractivity contribution in [2.24, 2.45) is 0 Å². The molecule has 1 saturated heterocycles. The second-order valence-corrected chi connectivity index (χ2v) is 8.28. The van der Waals surface area contributed by atoms with Gasteiger partial charge in [-0.15, -0.1) is 0 Å². The van der Waals surface area contributed by atoms with E-state index in [1.807, 2.05) is 25.7 Å². The van der Waals surface area contributed by atoms with E-state index in [1.54, 1.807) is 0 Å². The van der Waals surface area contributed by atoms with Gasteiger partial charge in [0.2, 0.25) is 11.8 Å². The van der Waals surface area contributed by atoms with Crippen molar-refractivity contribution >= 4 is 23.2 Å². The zero-order chi connectivity index (χ0) is 22.8. The predicted molar refractivity (Wildman–Crippen MR) is 110 cm³/mol. The maximum Gasteiger partial charge on any atom is 0.417 e. The second-order valence-electron chi connectivity index (χ2n) is 7.87. The fourth-order valence-corrected chi connectivity index (χ4v) is 3.56. The zero-order valence-corrected chi connectivity index (χ0v) is 18.3. The normalized spacial score (nSPS) is 17.2. The number of aromatic nitrogens is 2. The molecular weight excluding hydrogens is 435 g/mol. The van der Waals surface area contributed by atoms with Gasteiger partial charge in [0.1, 0.15) is 0 Å². The van der Waals surface area contributed by atoms with Gasteiger partial charge >= 0.3 is 6.18 Å². The molecule has 1 N–H and O–H groups in total. The third-order valence-corrected chi connectivity index (χ3v) is 5.54. The highest BCUT2D eigenvalue weighted by Gasteiger charge is 2.33. The van der Waals surface area contributed by atoms with E-state index in [-0.39, 0.29) is 30.1 Å². The number of halogens is 4. The van der Waals surface area contributed by atoms with Crippen LogP contribution in [0.2, 0.25) is 5.02 Å². The summed E-state index contributed by atoms with van der Waals surface area (Å²) in [6.07, 6.45) is -4.58. The van der Waals surface area contributed by atoms with Crippen LogP contribution in [0.4, 0.5) is 18.9 Å². The van der Waals surface area contributed by atoms with Crippen molar-refractivity contribution in [1.29, 1.82) is 0 Å². The quantitative estimate of drug-likeness (QED) is 0.698. The van der Waals surface area contributed by atoms with Gasteiger partial charge in [-0.25, -0.2) is 0 Å². The number of anilines is 1. The molecule has 0 radical (unpaired) electrons. The Labute approximate surface area is 183 Å². The number of nitrogens with zero attached hydrogens (tertiary/aromatic N) is 4. The Balaban J connectivity index is 1.51. The lowest BCUT2D eigenvalue weighted by molar-refractivity contribution is -0.137. The first-order chi connectivity index (χ1) is 14.5. The van der Waals surface area contributed by atoms with Gasteiger partial charge in [-0.2, -0.15) is 18.2 Å². The van der Waals surface area contributed by atoms with E-state index in [9.17, 15) is 18.0 Å². The first-order valence-corrected chi connectivity index (χ1v) is 10.4. The topological polar surface area (TPSA) is 74.5 Å². The van der Waals surface area contributed by atoms with Gasteiger partial charge in [-0.3, -0.25) is 14.6 Å². The van der Waals surface area contributed by atoms with Gasteiger partial charge in [0.25, 0.3) is 0 Å². The summed E-state index contributed by atoms with van der Waals surface area (Å²) in [5.74, 6) is 1.05. The zero-order valence-electron chi connectivity index (χ0n) is 17.5. The van der Waals surface area contributed by atoms with Crippen LogP contribution in [0, 0.1) is 0 Å². The average molecular weight is 460 g/mol. The highest BCUT2D eigenvalue weighted by Crippen LogP contribution is 2.36. The molecule has 170 valence electrons. The second kappa shape index (κ2) is 9.54. The minimum Gasteiger partial charge on any atom is -0.338 e. The van der Waals surface area contributed by atoms with Crippen LogP contribution in [0.3, 0.4) is 0 Å². The van der Waals surface area contributed by atoms with Crippen LogP contribution < -0.4 is 5.32 Å². The summed E-state index contributed by atoms with van der Waals surface area (Å²) in [5, 5.41) is 6.11. The number of alkyl halides is 3. The molecule has 3 rings (SSSR count). The molecule has 0 aliphatic carbocycles. The van der Waals surface area contributed by atoms with E-state index in [4.69, 9.17) is 16.1 Å². The van der Waals surface area contributed by atoms with Crippen molar-refractivity contribution in [2.45, 2.75) is 38.9 Å². The summed E-state index contributed by atoms with van der Waals surface area (Å²) in [7, 11) is 0. The van der Waals surface area contributed by atoms with Crippen molar-refractivity contribution in [3.63, 3.8) is 0 Å². The molecule has 1 atom stereocenters. The Morgan fingerprint density at radius 3 is 2.48 bits per heavy atom. The number of carbonyl (C=O) groups is 1. The van der Waals surface area contributed by atoms with Crippen LogP contribution >= 0.6 is 11.6 Å². The van der Waals surface area contributed by atoms with E-state index in [2.05, 4.69) is 20.4 Å². The van der Waals surface area contributed by atoms with Crippen LogP contribution in [-0.4, -0.2) is 58.6 Å². The minimum atomic E-state index is -4.58. The number of piperazine rings is 1. The third kappa shape index (κ3) is 5.96. The molecule has 0 saturated carbocycles. The van der Waals surface area contributed by atoms with Gasteiger partial charge < -0.3 is 9.84 Å². The van der Waals surface area contributed by atoms with Crippen LogP contribution in [0.5, 0.6) is 0 Å². The molecule has 0 spiro atoms.